The van der Waals surface area contributed by atoms with Gasteiger partial charge in [-0.25, -0.2) is 4.68 Å². The van der Waals surface area contributed by atoms with Crippen LogP contribution in [0.4, 0.5) is 0 Å². The van der Waals surface area contributed by atoms with Crippen molar-refractivity contribution in [2.75, 3.05) is 0 Å². The van der Waals surface area contributed by atoms with E-state index in [4.69, 9.17) is 10.2 Å². The Morgan fingerprint density at radius 3 is 1.89 bits per heavy atom. The van der Waals surface area contributed by atoms with Crippen LogP contribution in [0.5, 0.6) is 0 Å². The quantitative estimate of drug-likeness (QED) is 0.306. The van der Waals surface area contributed by atoms with Crippen molar-refractivity contribution in [1.82, 2.24) is 19.5 Å². The molecule has 37 heavy (non-hydrogen) atoms. The number of nitrogens with zero attached hydrogens (tertiary/aromatic N) is 4. The number of benzene rings is 5. The van der Waals surface area contributed by atoms with E-state index in [1.165, 1.54) is 43.9 Å². The van der Waals surface area contributed by atoms with Crippen molar-refractivity contribution in [3.63, 3.8) is 0 Å². The number of para-hydroxylation sites is 2. The minimum atomic E-state index is -0.0161. The summed E-state index contributed by atoms with van der Waals surface area (Å²) in [6.45, 7) is -0.0161. The van der Waals surface area contributed by atoms with E-state index in [1.54, 1.807) is 0 Å². The standard InChI is InChI=1S/C32H19BN4/c1-3-10-20(11-4-1)29-25-17-8-18-26-32(25)36(34-29)27-19-9-14-22-23-15-7-16-24-30(21-12-5-2-6-13-21)35-37(31(23)24)33(26)28(22)27/h1-19H. The van der Waals surface area contributed by atoms with E-state index in [0.717, 1.165) is 28.2 Å². The third-order valence-electron chi connectivity index (χ3n) is 7.97. The highest BCUT2D eigenvalue weighted by Gasteiger charge is 2.41. The summed E-state index contributed by atoms with van der Waals surface area (Å²) in [6, 6.07) is 40.9. The maximum Gasteiger partial charge on any atom is 0.354 e. The Hall–Kier alpha value is -4.90. The van der Waals surface area contributed by atoms with Crippen LogP contribution in [0.3, 0.4) is 0 Å². The van der Waals surface area contributed by atoms with Crippen molar-refractivity contribution in [3.05, 3.63) is 115 Å². The molecule has 0 amide bonds. The van der Waals surface area contributed by atoms with E-state index in [-0.39, 0.29) is 6.85 Å². The average molecular weight is 470 g/mol. The number of rotatable bonds is 2. The second kappa shape index (κ2) is 6.86. The molecule has 0 radical (unpaired) electrons. The fourth-order valence-corrected chi connectivity index (χ4v) is 6.47. The Labute approximate surface area is 213 Å². The topological polar surface area (TPSA) is 35.6 Å². The molecule has 5 heteroatoms. The van der Waals surface area contributed by atoms with Gasteiger partial charge in [0.05, 0.1) is 22.4 Å². The summed E-state index contributed by atoms with van der Waals surface area (Å²) in [5.41, 5.74) is 12.8. The summed E-state index contributed by atoms with van der Waals surface area (Å²) < 4.78 is 4.43. The lowest BCUT2D eigenvalue weighted by Crippen LogP contribution is -2.56. The molecule has 0 bridgehead atoms. The fraction of sp³-hybridized carbons (Fsp3) is 0. The molecule has 0 atom stereocenters. The molecule has 5 aromatic carbocycles. The van der Waals surface area contributed by atoms with Crippen LogP contribution < -0.4 is 10.9 Å². The van der Waals surface area contributed by atoms with Gasteiger partial charge in [0.15, 0.2) is 0 Å². The third-order valence-corrected chi connectivity index (χ3v) is 7.97. The van der Waals surface area contributed by atoms with Crippen LogP contribution in [-0.4, -0.2) is 26.3 Å². The predicted molar refractivity (Wildman–Crippen MR) is 151 cm³/mol. The first-order valence-electron chi connectivity index (χ1n) is 12.7. The minimum absolute atomic E-state index is 0.0161. The minimum Gasteiger partial charge on any atom is -0.297 e. The largest absolute Gasteiger partial charge is 0.354 e. The Balaban J connectivity index is 1.42. The van der Waals surface area contributed by atoms with Crippen molar-refractivity contribution in [3.8, 4) is 39.3 Å². The molecule has 0 spiro atoms. The monoisotopic (exact) mass is 470 g/mol. The van der Waals surface area contributed by atoms with E-state index in [9.17, 15) is 0 Å². The summed E-state index contributed by atoms with van der Waals surface area (Å²) in [5, 5.41) is 12.9. The molecule has 2 aromatic heterocycles. The van der Waals surface area contributed by atoms with Crippen molar-refractivity contribution < 1.29 is 0 Å². The highest BCUT2D eigenvalue weighted by molar-refractivity contribution is 6.89. The first-order chi connectivity index (χ1) is 18.4. The normalized spacial score (nSPS) is 12.8. The second-order valence-electron chi connectivity index (χ2n) is 9.87. The Morgan fingerprint density at radius 2 is 1.14 bits per heavy atom. The van der Waals surface area contributed by atoms with Gasteiger partial charge in [0.1, 0.15) is 5.69 Å². The predicted octanol–water partition coefficient (Wildman–Crippen LogP) is 5.66. The van der Waals surface area contributed by atoms with Crippen molar-refractivity contribution in [2.24, 2.45) is 0 Å². The maximum atomic E-state index is 5.33. The molecule has 4 heterocycles. The molecule has 2 aliphatic heterocycles. The summed E-state index contributed by atoms with van der Waals surface area (Å²) >= 11 is 0. The van der Waals surface area contributed by atoms with Crippen LogP contribution in [0.2, 0.25) is 0 Å². The van der Waals surface area contributed by atoms with E-state index >= 15 is 0 Å². The summed E-state index contributed by atoms with van der Waals surface area (Å²) in [4.78, 5) is 0. The van der Waals surface area contributed by atoms with Crippen LogP contribution in [0.25, 0.3) is 61.1 Å². The van der Waals surface area contributed by atoms with Crippen LogP contribution in [0.15, 0.2) is 115 Å². The first-order valence-corrected chi connectivity index (χ1v) is 12.7. The van der Waals surface area contributed by atoms with Gasteiger partial charge in [0, 0.05) is 27.5 Å². The molecule has 7 aromatic rings. The molecule has 170 valence electrons. The molecule has 0 N–H and O–H groups in total. The number of aromatic nitrogens is 4. The number of fused-ring (bicyclic) bond motifs is 4. The zero-order valence-electron chi connectivity index (χ0n) is 19.8. The maximum absolute atomic E-state index is 5.33. The molecule has 9 rings (SSSR count). The van der Waals surface area contributed by atoms with Crippen molar-refractivity contribution >= 4 is 39.6 Å². The molecule has 0 saturated heterocycles. The smallest absolute Gasteiger partial charge is 0.297 e. The molecule has 0 unspecified atom stereocenters. The lowest BCUT2D eigenvalue weighted by Gasteiger charge is -2.31. The van der Waals surface area contributed by atoms with Gasteiger partial charge in [-0.3, -0.25) is 4.59 Å². The molecule has 0 saturated carbocycles. The van der Waals surface area contributed by atoms with Gasteiger partial charge >= 0.3 is 6.85 Å². The van der Waals surface area contributed by atoms with Gasteiger partial charge in [-0.15, -0.1) is 0 Å². The first kappa shape index (κ1) is 19.3. The number of hydrogen-bond acceptors (Lipinski definition) is 2. The molecule has 2 aliphatic rings. The van der Waals surface area contributed by atoms with Crippen LogP contribution in [0.1, 0.15) is 0 Å². The number of hydrogen-bond donors (Lipinski definition) is 0. The van der Waals surface area contributed by atoms with Gasteiger partial charge in [0.2, 0.25) is 0 Å². The third kappa shape index (κ3) is 2.39. The SMILES string of the molecule is c1ccc(-c2nn3c4c(cccc24)-c2cccc4c2B3c2cccc3c(-c5ccccc5)nn-4c23)cc1. The van der Waals surface area contributed by atoms with Gasteiger partial charge in [-0.2, -0.15) is 10.2 Å². The van der Waals surface area contributed by atoms with E-state index < -0.39 is 0 Å². The summed E-state index contributed by atoms with van der Waals surface area (Å²) in [6.07, 6.45) is 0. The van der Waals surface area contributed by atoms with Gasteiger partial charge in [-0.1, -0.05) is 109 Å². The Morgan fingerprint density at radius 1 is 0.514 bits per heavy atom. The summed E-state index contributed by atoms with van der Waals surface area (Å²) in [7, 11) is 0. The van der Waals surface area contributed by atoms with Gasteiger partial charge in [0.25, 0.3) is 0 Å². The summed E-state index contributed by atoms with van der Waals surface area (Å²) in [5.74, 6) is 0. The fourth-order valence-electron chi connectivity index (χ4n) is 6.47. The van der Waals surface area contributed by atoms with Crippen LogP contribution in [0, 0.1) is 0 Å². The lowest BCUT2D eigenvalue weighted by molar-refractivity contribution is 0.913. The van der Waals surface area contributed by atoms with Crippen molar-refractivity contribution in [1.29, 1.82) is 0 Å². The van der Waals surface area contributed by atoms with Gasteiger partial charge < -0.3 is 0 Å². The molecular formula is C32H19BN4. The van der Waals surface area contributed by atoms with E-state index in [0.29, 0.717) is 0 Å². The van der Waals surface area contributed by atoms with Crippen molar-refractivity contribution in [2.45, 2.75) is 0 Å². The molecule has 4 nitrogen and oxygen atoms in total. The zero-order chi connectivity index (χ0) is 24.1. The van der Waals surface area contributed by atoms with E-state index in [2.05, 4.69) is 125 Å². The molecular weight excluding hydrogens is 451 g/mol. The Bertz CT molecular complexity index is 2040. The second-order valence-corrected chi connectivity index (χ2v) is 9.87. The van der Waals surface area contributed by atoms with E-state index in [1.807, 2.05) is 0 Å². The van der Waals surface area contributed by atoms with Gasteiger partial charge in [-0.05, 0) is 22.6 Å². The molecule has 0 aliphatic carbocycles. The highest BCUT2D eigenvalue weighted by atomic mass is 15.3. The molecule has 0 fully saturated rings. The average Bonchev–Trinajstić information content (AvgIpc) is 3.55. The zero-order valence-corrected chi connectivity index (χ0v) is 19.8. The van der Waals surface area contributed by atoms with Crippen LogP contribution in [-0.2, 0) is 0 Å². The Kier molecular flexibility index (Phi) is 3.58. The highest BCUT2D eigenvalue weighted by Crippen LogP contribution is 2.40. The van der Waals surface area contributed by atoms with Crippen LogP contribution >= 0.6 is 0 Å². The lowest BCUT2D eigenvalue weighted by atomic mass is 9.46.